The predicted octanol–water partition coefficient (Wildman–Crippen LogP) is 3.59. The molecule has 0 saturated carbocycles. The largest absolute Gasteiger partial charge is 0.382 e. The molecular formula is C16H24N2S. The van der Waals surface area contributed by atoms with Crippen molar-refractivity contribution in [3.63, 3.8) is 0 Å². The van der Waals surface area contributed by atoms with E-state index in [0.29, 0.717) is 6.04 Å². The zero-order valence-corrected chi connectivity index (χ0v) is 12.4. The minimum Gasteiger partial charge on any atom is -0.382 e. The normalized spacial score (nSPS) is 21.7. The molecule has 0 radical (unpaired) electrons. The molecule has 19 heavy (non-hydrogen) atoms. The molecule has 2 saturated heterocycles. The highest BCUT2D eigenvalue weighted by Gasteiger charge is 2.14. The van der Waals surface area contributed by atoms with E-state index in [1.54, 1.807) is 0 Å². The molecule has 2 nitrogen and oxygen atoms in total. The molecule has 1 N–H and O–H groups in total. The molecule has 0 bridgehead atoms. The molecule has 1 aromatic carbocycles. The second kappa shape index (κ2) is 6.67. The molecule has 2 aliphatic rings. The lowest BCUT2D eigenvalue weighted by molar-refractivity contribution is 0.331. The first-order valence-electron chi connectivity index (χ1n) is 7.56. The van der Waals surface area contributed by atoms with Crippen molar-refractivity contribution in [2.75, 3.05) is 29.9 Å². The third kappa shape index (κ3) is 3.90. The molecule has 0 spiro atoms. The Morgan fingerprint density at radius 2 is 1.74 bits per heavy atom. The highest BCUT2D eigenvalue weighted by molar-refractivity contribution is 7.99. The van der Waals surface area contributed by atoms with Crippen molar-refractivity contribution in [3.8, 4) is 0 Å². The zero-order valence-electron chi connectivity index (χ0n) is 11.6. The van der Waals surface area contributed by atoms with Crippen molar-refractivity contribution >= 4 is 17.4 Å². The van der Waals surface area contributed by atoms with Crippen LogP contribution in [0.2, 0.25) is 0 Å². The Bertz CT molecular complexity index is 378. The highest BCUT2D eigenvalue weighted by Crippen LogP contribution is 2.21. The maximum absolute atomic E-state index is 3.67. The van der Waals surface area contributed by atoms with E-state index in [0.717, 1.165) is 6.54 Å². The molecule has 0 aliphatic carbocycles. The van der Waals surface area contributed by atoms with Crippen molar-refractivity contribution in [1.29, 1.82) is 0 Å². The van der Waals surface area contributed by atoms with Crippen molar-refractivity contribution < 1.29 is 0 Å². The molecule has 104 valence electrons. The average molecular weight is 276 g/mol. The molecular weight excluding hydrogens is 252 g/mol. The fourth-order valence-electron chi connectivity index (χ4n) is 2.98. The Hall–Kier alpha value is -0.670. The SMILES string of the molecule is c1cc(NC2CCSCC2)ccc1CN1CCCC1. The van der Waals surface area contributed by atoms with Crippen molar-refractivity contribution in [3.05, 3.63) is 29.8 Å². The molecule has 1 aromatic rings. The topological polar surface area (TPSA) is 15.3 Å². The van der Waals surface area contributed by atoms with Crippen LogP contribution in [0.4, 0.5) is 5.69 Å². The van der Waals surface area contributed by atoms with Gasteiger partial charge >= 0.3 is 0 Å². The number of rotatable bonds is 4. The Balaban J connectivity index is 1.52. The van der Waals surface area contributed by atoms with Crippen molar-refractivity contribution in [1.82, 2.24) is 4.90 Å². The third-order valence-corrected chi connectivity index (χ3v) is 5.20. The van der Waals surface area contributed by atoms with Gasteiger partial charge in [-0.2, -0.15) is 11.8 Å². The van der Waals surface area contributed by atoms with Gasteiger partial charge in [-0.3, -0.25) is 4.90 Å². The molecule has 0 atom stereocenters. The van der Waals surface area contributed by atoms with E-state index in [9.17, 15) is 0 Å². The van der Waals surface area contributed by atoms with Crippen LogP contribution in [-0.2, 0) is 6.54 Å². The van der Waals surface area contributed by atoms with Crippen LogP contribution < -0.4 is 5.32 Å². The van der Waals surface area contributed by atoms with E-state index < -0.39 is 0 Å². The first-order chi connectivity index (χ1) is 9.40. The molecule has 0 unspecified atom stereocenters. The standard InChI is InChI=1S/C16H24N2S/c1-2-10-18(9-1)13-14-3-5-15(6-4-14)17-16-7-11-19-12-8-16/h3-6,16-17H,1-2,7-13H2. The van der Waals surface area contributed by atoms with Crippen LogP contribution in [0.3, 0.4) is 0 Å². The van der Waals surface area contributed by atoms with E-state index in [4.69, 9.17) is 0 Å². The average Bonchev–Trinajstić information content (AvgIpc) is 2.95. The fourth-order valence-corrected chi connectivity index (χ4v) is 4.09. The van der Waals surface area contributed by atoms with Gasteiger partial charge in [-0.15, -0.1) is 0 Å². The number of likely N-dealkylation sites (tertiary alicyclic amines) is 1. The van der Waals surface area contributed by atoms with Gasteiger partial charge in [0.05, 0.1) is 0 Å². The third-order valence-electron chi connectivity index (χ3n) is 4.15. The van der Waals surface area contributed by atoms with Gasteiger partial charge < -0.3 is 5.32 Å². The van der Waals surface area contributed by atoms with Gasteiger partial charge in [-0.05, 0) is 68.0 Å². The van der Waals surface area contributed by atoms with Gasteiger partial charge in [0.1, 0.15) is 0 Å². The van der Waals surface area contributed by atoms with Crippen LogP contribution in [0.1, 0.15) is 31.2 Å². The van der Waals surface area contributed by atoms with Gasteiger partial charge in [-0.1, -0.05) is 12.1 Å². The summed E-state index contributed by atoms with van der Waals surface area (Å²) in [4.78, 5) is 2.56. The zero-order chi connectivity index (χ0) is 12.9. The van der Waals surface area contributed by atoms with Crippen LogP contribution in [-0.4, -0.2) is 35.5 Å². The summed E-state index contributed by atoms with van der Waals surface area (Å²) >= 11 is 2.08. The Labute approximate surface area is 121 Å². The van der Waals surface area contributed by atoms with Gasteiger partial charge in [-0.25, -0.2) is 0 Å². The van der Waals surface area contributed by atoms with E-state index >= 15 is 0 Å². The van der Waals surface area contributed by atoms with Gasteiger partial charge in [0.2, 0.25) is 0 Å². The Kier molecular flexibility index (Phi) is 4.67. The molecule has 3 rings (SSSR count). The summed E-state index contributed by atoms with van der Waals surface area (Å²) in [5.74, 6) is 2.62. The first-order valence-corrected chi connectivity index (χ1v) is 8.71. The number of hydrogen-bond donors (Lipinski definition) is 1. The predicted molar refractivity (Wildman–Crippen MR) is 84.9 cm³/mol. The number of hydrogen-bond acceptors (Lipinski definition) is 3. The second-order valence-electron chi connectivity index (χ2n) is 5.71. The van der Waals surface area contributed by atoms with Gasteiger partial charge in [0.25, 0.3) is 0 Å². The summed E-state index contributed by atoms with van der Waals surface area (Å²) in [6.07, 6.45) is 5.36. The first kappa shape index (κ1) is 13.3. The number of nitrogens with one attached hydrogen (secondary N) is 1. The Morgan fingerprint density at radius 1 is 1.05 bits per heavy atom. The monoisotopic (exact) mass is 276 g/mol. The fraction of sp³-hybridized carbons (Fsp3) is 0.625. The van der Waals surface area contributed by atoms with E-state index in [2.05, 4.69) is 46.2 Å². The molecule has 2 heterocycles. The molecule has 0 amide bonds. The smallest absolute Gasteiger partial charge is 0.0342 e. The van der Waals surface area contributed by atoms with Crippen LogP contribution in [0.15, 0.2) is 24.3 Å². The van der Waals surface area contributed by atoms with Crippen molar-refractivity contribution in [2.45, 2.75) is 38.3 Å². The number of benzene rings is 1. The maximum atomic E-state index is 3.67. The molecule has 2 aliphatic heterocycles. The van der Waals surface area contributed by atoms with Crippen LogP contribution in [0.25, 0.3) is 0 Å². The van der Waals surface area contributed by atoms with E-state index in [1.807, 2.05) is 0 Å². The van der Waals surface area contributed by atoms with Crippen LogP contribution >= 0.6 is 11.8 Å². The maximum Gasteiger partial charge on any atom is 0.0342 e. The number of nitrogens with zero attached hydrogens (tertiary/aromatic N) is 1. The van der Waals surface area contributed by atoms with E-state index in [1.165, 1.54) is 61.5 Å². The lowest BCUT2D eigenvalue weighted by Crippen LogP contribution is -2.24. The minimum atomic E-state index is 0.686. The van der Waals surface area contributed by atoms with Crippen LogP contribution in [0, 0.1) is 0 Å². The Morgan fingerprint density at radius 3 is 2.42 bits per heavy atom. The summed E-state index contributed by atoms with van der Waals surface area (Å²) in [5.41, 5.74) is 2.74. The van der Waals surface area contributed by atoms with Crippen LogP contribution in [0.5, 0.6) is 0 Å². The molecule has 2 fully saturated rings. The van der Waals surface area contributed by atoms with E-state index in [-0.39, 0.29) is 0 Å². The summed E-state index contributed by atoms with van der Waals surface area (Å²) in [6.45, 7) is 3.68. The number of anilines is 1. The number of thioether (sulfide) groups is 1. The lowest BCUT2D eigenvalue weighted by Gasteiger charge is -2.23. The quantitative estimate of drug-likeness (QED) is 0.905. The highest BCUT2D eigenvalue weighted by atomic mass is 32.2. The molecule has 0 aromatic heterocycles. The van der Waals surface area contributed by atoms with Gasteiger partial charge in [0.15, 0.2) is 0 Å². The summed E-state index contributed by atoms with van der Waals surface area (Å²) < 4.78 is 0. The minimum absolute atomic E-state index is 0.686. The summed E-state index contributed by atoms with van der Waals surface area (Å²) in [5, 5.41) is 3.67. The lowest BCUT2D eigenvalue weighted by atomic mass is 10.1. The van der Waals surface area contributed by atoms with Gasteiger partial charge in [0, 0.05) is 18.3 Å². The summed E-state index contributed by atoms with van der Waals surface area (Å²) in [6, 6.07) is 9.78. The van der Waals surface area contributed by atoms with Crippen molar-refractivity contribution in [2.24, 2.45) is 0 Å². The molecule has 3 heteroatoms. The summed E-state index contributed by atoms with van der Waals surface area (Å²) in [7, 11) is 0. The second-order valence-corrected chi connectivity index (χ2v) is 6.94.